The Morgan fingerprint density at radius 3 is 2.71 bits per heavy atom. The summed E-state index contributed by atoms with van der Waals surface area (Å²) in [6.45, 7) is 2.83. The minimum Gasteiger partial charge on any atom is -0.497 e. The molecule has 112 valence electrons. The molecule has 21 heavy (non-hydrogen) atoms. The molecule has 1 aromatic heterocycles. The van der Waals surface area contributed by atoms with Crippen molar-refractivity contribution in [1.29, 1.82) is 0 Å². The molecule has 2 aromatic rings. The third-order valence-electron chi connectivity index (χ3n) is 3.55. The number of benzene rings is 1. The smallest absolute Gasteiger partial charge is 0.274 e. The number of hydrogen-bond acceptors (Lipinski definition) is 3. The second kappa shape index (κ2) is 6.97. The van der Waals surface area contributed by atoms with Gasteiger partial charge in [0, 0.05) is 12.1 Å². The lowest BCUT2D eigenvalue weighted by atomic mass is 10.1. The maximum absolute atomic E-state index is 12.3. The van der Waals surface area contributed by atoms with Crippen molar-refractivity contribution in [3.63, 3.8) is 0 Å². The molecule has 0 amide bonds. The standard InChI is InChI=1S/C17H22N2O2/c1-3-4-5-11-19-16(10-9-15(18)17(19)20)13-7-6-8-14(12-13)21-2/h6-10,12H,3-5,11,18H2,1-2H3. The topological polar surface area (TPSA) is 57.2 Å². The molecule has 4 nitrogen and oxygen atoms in total. The van der Waals surface area contributed by atoms with Gasteiger partial charge in [-0.1, -0.05) is 31.9 Å². The zero-order valence-electron chi connectivity index (χ0n) is 12.6. The van der Waals surface area contributed by atoms with E-state index in [1.165, 1.54) is 0 Å². The van der Waals surface area contributed by atoms with Crippen LogP contribution in [0.25, 0.3) is 11.3 Å². The Morgan fingerprint density at radius 1 is 1.19 bits per heavy atom. The van der Waals surface area contributed by atoms with Gasteiger partial charge in [-0.25, -0.2) is 0 Å². The summed E-state index contributed by atoms with van der Waals surface area (Å²) >= 11 is 0. The lowest BCUT2D eigenvalue weighted by molar-refractivity contribution is 0.415. The van der Waals surface area contributed by atoms with Gasteiger partial charge in [0.25, 0.3) is 5.56 Å². The van der Waals surface area contributed by atoms with Gasteiger partial charge < -0.3 is 15.0 Å². The minimum absolute atomic E-state index is 0.119. The Labute approximate surface area is 125 Å². The second-order valence-corrected chi connectivity index (χ2v) is 5.07. The number of pyridine rings is 1. The highest BCUT2D eigenvalue weighted by atomic mass is 16.5. The first-order valence-corrected chi connectivity index (χ1v) is 7.31. The molecule has 0 radical (unpaired) electrons. The predicted molar refractivity (Wildman–Crippen MR) is 86.6 cm³/mol. The van der Waals surface area contributed by atoms with Crippen molar-refractivity contribution in [2.75, 3.05) is 12.8 Å². The fourth-order valence-corrected chi connectivity index (χ4v) is 2.37. The molecule has 0 unspecified atom stereocenters. The number of ether oxygens (including phenoxy) is 1. The highest BCUT2D eigenvalue weighted by molar-refractivity contribution is 5.63. The van der Waals surface area contributed by atoms with Gasteiger partial charge in [0.15, 0.2) is 0 Å². The van der Waals surface area contributed by atoms with E-state index in [0.717, 1.165) is 36.3 Å². The van der Waals surface area contributed by atoms with Gasteiger partial charge in [-0.2, -0.15) is 0 Å². The zero-order chi connectivity index (χ0) is 15.2. The number of aromatic nitrogens is 1. The van der Waals surface area contributed by atoms with Gasteiger partial charge in [-0.05, 0) is 30.7 Å². The van der Waals surface area contributed by atoms with E-state index in [4.69, 9.17) is 10.5 Å². The fourth-order valence-electron chi connectivity index (χ4n) is 2.37. The SMILES string of the molecule is CCCCCn1c(-c2cccc(OC)c2)ccc(N)c1=O. The monoisotopic (exact) mass is 286 g/mol. The summed E-state index contributed by atoms with van der Waals surface area (Å²) in [5, 5.41) is 0. The van der Waals surface area contributed by atoms with E-state index in [0.29, 0.717) is 6.54 Å². The van der Waals surface area contributed by atoms with Crippen LogP contribution in [0, 0.1) is 0 Å². The number of hydrogen-bond donors (Lipinski definition) is 1. The van der Waals surface area contributed by atoms with Crippen LogP contribution in [-0.2, 0) is 6.54 Å². The van der Waals surface area contributed by atoms with Crippen molar-refractivity contribution in [3.8, 4) is 17.0 Å². The molecule has 0 aliphatic carbocycles. The van der Waals surface area contributed by atoms with Gasteiger partial charge in [0.1, 0.15) is 5.75 Å². The molecule has 0 saturated carbocycles. The van der Waals surface area contributed by atoms with E-state index < -0.39 is 0 Å². The Balaban J connectivity index is 2.46. The van der Waals surface area contributed by atoms with E-state index in [-0.39, 0.29) is 11.2 Å². The molecule has 1 aromatic carbocycles. The number of rotatable bonds is 6. The largest absolute Gasteiger partial charge is 0.497 e. The summed E-state index contributed by atoms with van der Waals surface area (Å²) in [5.74, 6) is 0.775. The molecule has 2 rings (SSSR count). The summed E-state index contributed by atoms with van der Waals surface area (Å²) in [6.07, 6.45) is 3.18. The van der Waals surface area contributed by atoms with E-state index in [1.807, 2.05) is 30.3 Å². The third kappa shape index (κ3) is 3.45. The molecule has 0 spiro atoms. The molecule has 0 bridgehead atoms. The molecule has 0 aliphatic rings. The van der Waals surface area contributed by atoms with Crippen LogP contribution in [-0.4, -0.2) is 11.7 Å². The van der Waals surface area contributed by atoms with Crippen LogP contribution in [0.15, 0.2) is 41.2 Å². The van der Waals surface area contributed by atoms with E-state index >= 15 is 0 Å². The minimum atomic E-state index is -0.119. The van der Waals surface area contributed by atoms with Crippen LogP contribution in [0.3, 0.4) is 0 Å². The maximum atomic E-state index is 12.3. The van der Waals surface area contributed by atoms with E-state index in [1.54, 1.807) is 17.7 Å². The molecular formula is C17H22N2O2. The predicted octanol–water partition coefficient (Wildman–Crippen LogP) is 3.30. The molecule has 1 heterocycles. The van der Waals surface area contributed by atoms with Gasteiger partial charge in [0.2, 0.25) is 0 Å². The lowest BCUT2D eigenvalue weighted by Gasteiger charge is -2.14. The molecule has 2 N–H and O–H groups in total. The number of anilines is 1. The molecule has 0 fully saturated rings. The normalized spacial score (nSPS) is 10.6. The van der Waals surface area contributed by atoms with Crippen LogP contribution < -0.4 is 16.0 Å². The van der Waals surface area contributed by atoms with Crippen molar-refractivity contribution in [2.45, 2.75) is 32.7 Å². The average Bonchev–Trinajstić information content (AvgIpc) is 2.52. The lowest BCUT2D eigenvalue weighted by Crippen LogP contribution is -2.24. The number of nitrogens with zero attached hydrogens (tertiary/aromatic N) is 1. The molecule has 4 heteroatoms. The summed E-state index contributed by atoms with van der Waals surface area (Å²) in [6, 6.07) is 11.3. The van der Waals surface area contributed by atoms with Crippen LogP contribution in [0.4, 0.5) is 5.69 Å². The second-order valence-electron chi connectivity index (χ2n) is 5.07. The number of nitrogen functional groups attached to an aromatic ring is 1. The van der Waals surface area contributed by atoms with Crippen molar-refractivity contribution >= 4 is 5.69 Å². The Morgan fingerprint density at radius 2 is 2.00 bits per heavy atom. The van der Waals surface area contributed by atoms with Crippen molar-refractivity contribution in [3.05, 3.63) is 46.8 Å². The third-order valence-corrected chi connectivity index (χ3v) is 3.55. The fraction of sp³-hybridized carbons (Fsp3) is 0.353. The quantitative estimate of drug-likeness (QED) is 0.829. The van der Waals surface area contributed by atoms with Gasteiger partial charge >= 0.3 is 0 Å². The van der Waals surface area contributed by atoms with E-state index in [2.05, 4.69) is 6.92 Å². The van der Waals surface area contributed by atoms with Crippen LogP contribution in [0.1, 0.15) is 26.2 Å². The molecule has 0 aliphatic heterocycles. The zero-order valence-corrected chi connectivity index (χ0v) is 12.6. The summed E-state index contributed by atoms with van der Waals surface area (Å²) in [7, 11) is 1.64. The number of nitrogens with two attached hydrogens (primary N) is 1. The van der Waals surface area contributed by atoms with Crippen LogP contribution in [0.5, 0.6) is 5.75 Å². The number of unbranched alkanes of at least 4 members (excludes halogenated alkanes) is 2. The first kappa shape index (κ1) is 15.2. The summed E-state index contributed by atoms with van der Waals surface area (Å²) in [4.78, 5) is 12.3. The van der Waals surface area contributed by atoms with Crippen LogP contribution in [0.2, 0.25) is 0 Å². The van der Waals surface area contributed by atoms with Crippen LogP contribution >= 0.6 is 0 Å². The van der Waals surface area contributed by atoms with Gasteiger partial charge in [0.05, 0.1) is 18.5 Å². The number of methoxy groups -OCH3 is 1. The van der Waals surface area contributed by atoms with Gasteiger partial charge in [-0.3, -0.25) is 4.79 Å². The Hall–Kier alpha value is -2.23. The molecule has 0 atom stereocenters. The first-order valence-electron chi connectivity index (χ1n) is 7.31. The summed E-state index contributed by atoms with van der Waals surface area (Å²) < 4.78 is 7.02. The maximum Gasteiger partial charge on any atom is 0.274 e. The van der Waals surface area contributed by atoms with Crippen molar-refractivity contribution < 1.29 is 4.74 Å². The van der Waals surface area contributed by atoms with Crippen molar-refractivity contribution in [1.82, 2.24) is 4.57 Å². The highest BCUT2D eigenvalue weighted by Crippen LogP contribution is 2.23. The first-order chi connectivity index (χ1) is 10.2. The molecular weight excluding hydrogens is 264 g/mol. The van der Waals surface area contributed by atoms with E-state index in [9.17, 15) is 4.79 Å². The Kier molecular flexibility index (Phi) is 5.04. The van der Waals surface area contributed by atoms with Crippen molar-refractivity contribution in [2.24, 2.45) is 0 Å². The average molecular weight is 286 g/mol. The summed E-state index contributed by atoms with van der Waals surface area (Å²) in [5.41, 5.74) is 7.78. The highest BCUT2D eigenvalue weighted by Gasteiger charge is 2.09. The Bertz CT molecular complexity index is 662. The molecule has 0 saturated heterocycles. The van der Waals surface area contributed by atoms with Gasteiger partial charge in [-0.15, -0.1) is 0 Å².